The molecule has 0 amide bonds. The third kappa shape index (κ3) is 3.93. The van der Waals surface area contributed by atoms with Gasteiger partial charge in [0.2, 0.25) is 0 Å². The molecule has 0 saturated heterocycles. The summed E-state index contributed by atoms with van der Waals surface area (Å²) in [4.78, 5) is 14.3. The summed E-state index contributed by atoms with van der Waals surface area (Å²) in [6.45, 7) is 2.77. The molecule has 0 spiro atoms. The van der Waals surface area contributed by atoms with Gasteiger partial charge in [-0.05, 0) is 37.3 Å². The Balaban J connectivity index is 1.65. The number of aromatic nitrogens is 3. The van der Waals surface area contributed by atoms with E-state index in [1.807, 2.05) is 30.0 Å². The molecule has 3 aromatic heterocycles. The highest BCUT2D eigenvalue weighted by molar-refractivity contribution is 7.91. The van der Waals surface area contributed by atoms with Crippen molar-refractivity contribution >= 4 is 32.4 Å². The normalized spacial score (nSPS) is 15.5. The zero-order valence-corrected chi connectivity index (χ0v) is 19.6. The number of ether oxygens (including phenoxy) is 2. The Morgan fingerprint density at radius 2 is 1.94 bits per heavy atom. The molecule has 1 unspecified atom stereocenters. The minimum Gasteiger partial charge on any atom is -0.489 e. The van der Waals surface area contributed by atoms with Gasteiger partial charge in [0, 0.05) is 31.1 Å². The maximum absolute atomic E-state index is 13.7. The summed E-state index contributed by atoms with van der Waals surface area (Å²) in [6.07, 6.45) is 8.48. The van der Waals surface area contributed by atoms with E-state index in [1.54, 1.807) is 62.2 Å². The van der Waals surface area contributed by atoms with E-state index in [2.05, 4.69) is 15.0 Å². The third-order valence-electron chi connectivity index (χ3n) is 5.73. The highest BCUT2D eigenvalue weighted by Crippen LogP contribution is 2.45. The maximum atomic E-state index is 13.7. The van der Waals surface area contributed by atoms with Crippen LogP contribution >= 0.6 is 0 Å². The first-order chi connectivity index (χ1) is 16.5. The second kappa shape index (κ2) is 8.92. The first-order valence-electron chi connectivity index (χ1n) is 10.8. The molecule has 1 N–H and O–H groups in total. The van der Waals surface area contributed by atoms with Gasteiger partial charge < -0.3 is 19.4 Å². The predicted octanol–water partition coefficient (Wildman–Crippen LogP) is 4.47. The van der Waals surface area contributed by atoms with Crippen LogP contribution in [-0.2, 0) is 14.6 Å². The molecule has 1 aliphatic heterocycles. The molecule has 1 atom stereocenters. The number of benzene rings is 1. The number of anilines is 2. The van der Waals surface area contributed by atoms with Crippen molar-refractivity contribution in [1.82, 2.24) is 15.0 Å². The fourth-order valence-electron chi connectivity index (χ4n) is 4.02. The number of nitrogens with one attached hydrogen (secondary N) is 1. The topological polar surface area (TPSA) is 97.4 Å². The summed E-state index contributed by atoms with van der Waals surface area (Å²) in [5, 5.41) is -0.903. The van der Waals surface area contributed by atoms with E-state index < -0.39 is 15.1 Å². The average Bonchev–Trinajstić information content (AvgIpc) is 3.23. The van der Waals surface area contributed by atoms with E-state index in [4.69, 9.17) is 9.47 Å². The molecular formula is C25H24N4O4S. The predicted molar refractivity (Wildman–Crippen MR) is 130 cm³/mol. The van der Waals surface area contributed by atoms with Gasteiger partial charge in [-0.1, -0.05) is 17.7 Å². The van der Waals surface area contributed by atoms with Gasteiger partial charge in [0.25, 0.3) is 0 Å². The molecule has 174 valence electrons. The van der Waals surface area contributed by atoms with Crippen LogP contribution in [-0.4, -0.2) is 43.7 Å². The lowest BCUT2D eigenvalue weighted by atomic mass is 10.1. The van der Waals surface area contributed by atoms with Crippen molar-refractivity contribution in [3.63, 3.8) is 0 Å². The summed E-state index contributed by atoms with van der Waals surface area (Å²) in [5.74, 6) is 1.20. The summed E-state index contributed by atoms with van der Waals surface area (Å²) in [5.41, 5.74) is 3.64. The molecule has 1 aliphatic rings. The Labute approximate surface area is 197 Å². The van der Waals surface area contributed by atoms with Gasteiger partial charge in [-0.25, -0.2) is 8.42 Å². The molecule has 4 aromatic rings. The van der Waals surface area contributed by atoms with Crippen molar-refractivity contribution in [1.29, 1.82) is 0 Å². The van der Waals surface area contributed by atoms with Gasteiger partial charge >= 0.3 is 0 Å². The van der Waals surface area contributed by atoms with Crippen LogP contribution in [0.15, 0.2) is 78.2 Å². The second-order valence-electron chi connectivity index (χ2n) is 8.00. The van der Waals surface area contributed by atoms with Crippen molar-refractivity contribution in [2.75, 3.05) is 25.2 Å². The fourth-order valence-corrected chi connectivity index (χ4v) is 5.64. The molecule has 34 heavy (non-hydrogen) atoms. The minimum atomic E-state index is -3.72. The van der Waals surface area contributed by atoms with Crippen LogP contribution in [0.1, 0.15) is 16.4 Å². The van der Waals surface area contributed by atoms with E-state index >= 15 is 0 Å². The van der Waals surface area contributed by atoms with Crippen molar-refractivity contribution in [3.8, 4) is 5.75 Å². The summed E-state index contributed by atoms with van der Waals surface area (Å²) in [6, 6.07) is 12.5. The Morgan fingerprint density at radius 1 is 1.12 bits per heavy atom. The van der Waals surface area contributed by atoms with Crippen LogP contribution in [0.4, 0.5) is 11.5 Å². The Hall–Kier alpha value is -3.69. The van der Waals surface area contributed by atoms with E-state index in [0.717, 1.165) is 11.3 Å². The summed E-state index contributed by atoms with van der Waals surface area (Å²) >= 11 is 0. The van der Waals surface area contributed by atoms with Crippen LogP contribution in [0.5, 0.6) is 5.75 Å². The number of fused-ring (bicyclic) bond motifs is 3. The van der Waals surface area contributed by atoms with Crippen molar-refractivity contribution in [2.24, 2.45) is 0 Å². The number of aryl methyl sites for hydroxylation is 1. The minimum absolute atomic E-state index is 0.266. The third-order valence-corrected chi connectivity index (χ3v) is 7.72. The number of hydrogen-bond donors (Lipinski definition) is 1. The smallest absolute Gasteiger partial charge is 0.189 e. The fraction of sp³-hybridized carbons (Fsp3) is 0.200. The number of pyridine rings is 2. The Bertz CT molecular complexity index is 1450. The van der Waals surface area contributed by atoms with Gasteiger partial charge in [-0.15, -0.1) is 0 Å². The second-order valence-corrected chi connectivity index (χ2v) is 10.1. The lowest BCUT2D eigenvalue weighted by Crippen LogP contribution is -2.21. The van der Waals surface area contributed by atoms with Gasteiger partial charge in [0.05, 0.1) is 40.6 Å². The first-order valence-corrected chi connectivity index (χ1v) is 12.3. The molecule has 5 rings (SSSR count). The van der Waals surface area contributed by atoms with E-state index in [0.29, 0.717) is 41.4 Å². The van der Waals surface area contributed by atoms with Gasteiger partial charge in [0.15, 0.2) is 9.84 Å². The van der Waals surface area contributed by atoms with Crippen molar-refractivity contribution in [3.05, 3.63) is 84.5 Å². The summed E-state index contributed by atoms with van der Waals surface area (Å²) in [7, 11) is -2.11. The molecule has 0 saturated carbocycles. The van der Waals surface area contributed by atoms with Crippen LogP contribution < -0.4 is 9.64 Å². The Kier molecular flexibility index (Phi) is 5.80. The number of methoxy groups -OCH3 is 1. The zero-order chi connectivity index (χ0) is 23.7. The first kappa shape index (κ1) is 22.1. The van der Waals surface area contributed by atoms with Crippen molar-refractivity contribution < 1.29 is 17.9 Å². The van der Waals surface area contributed by atoms with E-state index in [1.165, 1.54) is 0 Å². The molecule has 0 fully saturated rings. The van der Waals surface area contributed by atoms with Gasteiger partial charge in [-0.3, -0.25) is 9.97 Å². The highest BCUT2D eigenvalue weighted by atomic mass is 32.2. The quantitative estimate of drug-likeness (QED) is 0.393. The Morgan fingerprint density at radius 3 is 2.68 bits per heavy atom. The van der Waals surface area contributed by atoms with Crippen LogP contribution in [0.2, 0.25) is 0 Å². The maximum Gasteiger partial charge on any atom is 0.189 e. The molecule has 0 radical (unpaired) electrons. The monoisotopic (exact) mass is 476 g/mol. The number of rotatable bonds is 7. The van der Waals surface area contributed by atoms with Crippen LogP contribution in [0.3, 0.4) is 0 Å². The molecular weight excluding hydrogens is 452 g/mol. The van der Waals surface area contributed by atoms with Crippen LogP contribution in [0.25, 0.3) is 11.0 Å². The number of sulfone groups is 1. The van der Waals surface area contributed by atoms with Crippen LogP contribution in [0, 0.1) is 6.92 Å². The summed E-state index contributed by atoms with van der Waals surface area (Å²) < 4.78 is 38.2. The van der Waals surface area contributed by atoms with Crippen molar-refractivity contribution in [2.45, 2.75) is 17.1 Å². The number of hydrogen-bond acceptors (Lipinski definition) is 7. The highest BCUT2D eigenvalue weighted by Gasteiger charge is 2.36. The molecule has 1 aromatic carbocycles. The lowest BCUT2D eigenvalue weighted by Gasteiger charge is -2.27. The molecule has 0 aliphatic carbocycles. The van der Waals surface area contributed by atoms with E-state index in [-0.39, 0.29) is 4.90 Å². The zero-order valence-electron chi connectivity index (χ0n) is 18.8. The molecule has 8 nitrogen and oxygen atoms in total. The SMILES string of the molecule is COCCOc1cnc2c3c([nH]c2c1)N(c1cccnc1)C=CC3S(=O)(=O)c1ccc(C)cc1. The number of nitrogens with zero attached hydrogens (tertiary/aromatic N) is 3. The van der Waals surface area contributed by atoms with Gasteiger partial charge in [0.1, 0.15) is 23.4 Å². The number of aromatic amines is 1. The molecule has 0 bridgehead atoms. The number of H-pyrrole nitrogens is 1. The van der Waals surface area contributed by atoms with E-state index in [9.17, 15) is 8.42 Å². The van der Waals surface area contributed by atoms with Gasteiger partial charge in [-0.2, -0.15) is 0 Å². The molecule has 4 heterocycles. The average molecular weight is 477 g/mol. The largest absolute Gasteiger partial charge is 0.489 e. The standard InChI is InChI=1S/C25H24N4O4S/c1-17-5-7-20(8-6-17)34(30,31)22-9-11-29(18-4-3-10-26-15-18)25-23(22)24-21(28-25)14-19(16-27-24)33-13-12-32-2/h3-11,14-16,22,28H,12-13H2,1-2H3. The lowest BCUT2D eigenvalue weighted by molar-refractivity contribution is 0.146. The molecule has 9 heteroatoms.